The van der Waals surface area contributed by atoms with Crippen molar-refractivity contribution in [3.63, 3.8) is 0 Å². The standard InChI is InChI=1S/C16H21ClN2OS/c1-10-12(17)4-5-13-14(10)18-15(21-13)19-8-6-11(7-9-19)16(2,3)20/h4-5,11,20H,6-9H2,1-3H3. The summed E-state index contributed by atoms with van der Waals surface area (Å²) in [5.41, 5.74) is 1.50. The first-order valence-corrected chi connectivity index (χ1v) is 8.58. The molecule has 0 spiro atoms. The highest BCUT2D eigenvalue weighted by Crippen LogP contribution is 2.36. The Labute approximate surface area is 134 Å². The molecule has 3 nitrogen and oxygen atoms in total. The average molecular weight is 325 g/mol. The number of aromatic nitrogens is 1. The summed E-state index contributed by atoms with van der Waals surface area (Å²) in [5.74, 6) is 0.374. The molecule has 2 heterocycles. The third-order valence-electron chi connectivity index (χ3n) is 4.50. The Balaban J connectivity index is 1.81. The lowest BCUT2D eigenvalue weighted by Crippen LogP contribution is -2.41. The molecule has 114 valence electrons. The molecule has 1 aliphatic heterocycles. The van der Waals surface area contributed by atoms with Crippen molar-refractivity contribution in [3.8, 4) is 0 Å². The first-order valence-electron chi connectivity index (χ1n) is 7.39. The summed E-state index contributed by atoms with van der Waals surface area (Å²) in [4.78, 5) is 7.12. The zero-order valence-electron chi connectivity index (χ0n) is 12.7. The fourth-order valence-electron chi connectivity index (χ4n) is 3.00. The van der Waals surface area contributed by atoms with E-state index in [4.69, 9.17) is 16.6 Å². The molecule has 1 N–H and O–H groups in total. The molecule has 0 bridgehead atoms. The molecule has 0 saturated carbocycles. The van der Waals surface area contributed by atoms with Crippen molar-refractivity contribution in [2.24, 2.45) is 5.92 Å². The largest absolute Gasteiger partial charge is 0.390 e. The Hall–Kier alpha value is -0.840. The highest BCUT2D eigenvalue weighted by molar-refractivity contribution is 7.22. The quantitative estimate of drug-likeness (QED) is 0.897. The van der Waals surface area contributed by atoms with Gasteiger partial charge in [-0.3, -0.25) is 0 Å². The maximum Gasteiger partial charge on any atom is 0.186 e. The predicted molar refractivity (Wildman–Crippen MR) is 90.6 cm³/mol. The van der Waals surface area contributed by atoms with Gasteiger partial charge in [0.25, 0.3) is 0 Å². The zero-order valence-corrected chi connectivity index (χ0v) is 14.3. The molecule has 2 aromatic rings. The van der Waals surface area contributed by atoms with Gasteiger partial charge in [-0.1, -0.05) is 22.9 Å². The van der Waals surface area contributed by atoms with Crippen molar-refractivity contribution in [3.05, 3.63) is 22.7 Å². The van der Waals surface area contributed by atoms with Crippen LogP contribution >= 0.6 is 22.9 Å². The molecule has 1 fully saturated rings. The second kappa shape index (κ2) is 5.41. The number of aryl methyl sites for hydroxylation is 1. The van der Waals surface area contributed by atoms with Crippen LogP contribution in [0, 0.1) is 12.8 Å². The second-order valence-electron chi connectivity index (χ2n) is 6.43. The Morgan fingerprint density at radius 2 is 2.00 bits per heavy atom. The zero-order chi connectivity index (χ0) is 15.2. The van der Waals surface area contributed by atoms with Crippen molar-refractivity contribution in [2.45, 2.75) is 39.2 Å². The summed E-state index contributed by atoms with van der Waals surface area (Å²) in [7, 11) is 0. The third-order valence-corrected chi connectivity index (χ3v) is 5.99. The van der Waals surface area contributed by atoms with Gasteiger partial charge in [-0.25, -0.2) is 4.98 Å². The van der Waals surface area contributed by atoms with E-state index in [0.29, 0.717) is 5.92 Å². The van der Waals surface area contributed by atoms with Gasteiger partial charge in [0.1, 0.15) is 0 Å². The minimum Gasteiger partial charge on any atom is -0.390 e. The third kappa shape index (κ3) is 2.89. The first-order chi connectivity index (χ1) is 9.86. The number of rotatable bonds is 2. The predicted octanol–water partition coefficient (Wildman–Crippen LogP) is 4.25. The van der Waals surface area contributed by atoms with Crippen LogP contribution in [0.15, 0.2) is 12.1 Å². The summed E-state index contributed by atoms with van der Waals surface area (Å²) in [6.45, 7) is 7.77. The Morgan fingerprint density at radius 3 is 2.62 bits per heavy atom. The summed E-state index contributed by atoms with van der Waals surface area (Å²) in [6, 6.07) is 4.00. The molecule has 0 atom stereocenters. The van der Waals surface area contributed by atoms with Gasteiger partial charge in [-0.15, -0.1) is 0 Å². The number of thiazole rings is 1. The SMILES string of the molecule is Cc1c(Cl)ccc2sc(N3CCC(C(C)(C)O)CC3)nc12. The van der Waals surface area contributed by atoms with Crippen molar-refractivity contribution in [2.75, 3.05) is 18.0 Å². The van der Waals surface area contributed by atoms with Crippen LogP contribution in [-0.4, -0.2) is 28.8 Å². The van der Waals surface area contributed by atoms with E-state index in [1.54, 1.807) is 11.3 Å². The number of halogens is 1. The molecule has 0 radical (unpaired) electrons. The van der Waals surface area contributed by atoms with Gasteiger partial charge in [0.2, 0.25) is 0 Å². The Kier molecular flexibility index (Phi) is 3.89. The maximum absolute atomic E-state index is 10.1. The summed E-state index contributed by atoms with van der Waals surface area (Å²) < 4.78 is 1.19. The number of anilines is 1. The number of aliphatic hydroxyl groups is 1. The topological polar surface area (TPSA) is 36.4 Å². The fourth-order valence-corrected chi connectivity index (χ4v) is 4.23. The number of fused-ring (bicyclic) bond motifs is 1. The van der Waals surface area contributed by atoms with Crippen LogP contribution < -0.4 is 4.90 Å². The molecule has 3 rings (SSSR count). The van der Waals surface area contributed by atoms with Gasteiger partial charge in [0, 0.05) is 18.1 Å². The van der Waals surface area contributed by atoms with Crippen LogP contribution in [0.2, 0.25) is 5.02 Å². The van der Waals surface area contributed by atoms with E-state index in [0.717, 1.165) is 47.2 Å². The lowest BCUT2D eigenvalue weighted by Gasteiger charge is -2.37. The van der Waals surface area contributed by atoms with Gasteiger partial charge in [0.05, 0.1) is 15.8 Å². The van der Waals surface area contributed by atoms with Crippen molar-refractivity contribution >= 4 is 38.3 Å². The normalized spacial score (nSPS) is 17.7. The van der Waals surface area contributed by atoms with E-state index in [1.165, 1.54) is 4.70 Å². The minimum absolute atomic E-state index is 0.374. The Morgan fingerprint density at radius 1 is 1.33 bits per heavy atom. The molecule has 0 amide bonds. The van der Waals surface area contributed by atoms with Gasteiger partial charge in [-0.05, 0) is 57.2 Å². The summed E-state index contributed by atoms with van der Waals surface area (Å²) in [6.07, 6.45) is 2.03. The number of hydrogen-bond donors (Lipinski definition) is 1. The van der Waals surface area contributed by atoms with Gasteiger partial charge >= 0.3 is 0 Å². The molecular weight excluding hydrogens is 304 g/mol. The molecule has 1 aromatic carbocycles. The van der Waals surface area contributed by atoms with Crippen LogP contribution in [-0.2, 0) is 0 Å². The highest BCUT2D eigenvalue weighted by Gasteiger charge is 2.31. The molecular formula is C16H21ClN2OS. The van der Waals surface area contributed by atoms with E-state index in [2.05, 4.69) is 11.0 Å². The highest BCUT2D eigenvalue weighted by atomic mass is 35.5. The summed E-state index contributed by atoms with van der Waals surface area (Å²) >= 11 is 7.90. The van der Waals surface area contributed by atoms with E-state index in [-0.39, 0.29) is 0 Å². The van der Waals surface area contributed by atoms with Crippen molar-refractivity contribution < 1.29 is 5.11 Å². The molecule has 1 aromatic heterocycles. The van der Waals surface area contributed by atoms with Crippen molar-refractivity contribution in [1.82, 2.24) is 4.98 Å². The minimum atomic E-state index is -0.580. The van der Waals surface area contributed by atoms with Gasteiger partial charge in [-0.2, -0.15) is 0 Å². The average Bonchev–Trinajstić information content (AvgIpc) is 2.87. The molecule has 0 unspecified atom stereocenters. The number of benzene rings is 1. The van der Waals surface area contributed by atoms with E-state index in [1.807, 2.05) is 26.8 Å². The lowest BCUT2D eigenvalue weighted by molar-refractivity contribution is 0.00651. The van der Waals surface area contributed by atoms with Crippen LogP contribution in [0.25, 0.3) is 10.2 Å². The monoisotopic (exact) mass is 324 g/mol. The first kappa shape index (κ1) is 15.1. The lowest BCUT2D eigenvalue weighted by atomic mass is 9.83. The van der Waals surface area contributed by atoms with Crippen LogP contribution in [0.4, 0.5) is 5.13 Å². The van der Waals surface area contributed by atoms with E-state index < -0.39 is 5.60 Å². The maximum atomic E-state index is 10.1. The summed E-state index contributed by atoms with van der Waals surface area (Å²) in [5, 5.41) is 12.0. The smallest absolute Gasteiger partial charge is 0.186 e. The Bertz CT molecular complexity index is 654. The molecule has 0 aliphatic carbocycles. The number of nitrogens with zero attached hydrogens (tertiary/aromatic N) is 2. The van der Waals surface area contributed by atoms with Crippen molar-refractivity contribution in [1.29, 1.82) is 0 Å². The molecule has 1 saturated heterocycles. The van der Waals surface area contributed by atoms with Crippen LogP contribution in [0.1, 0.15) is 32.3 Å². The van der Waals surface area contributed by atoms with Crippen LogP contribution in [0.5, 0.6) is 0 Å². The van der Waals surface area contributed by atoms with E-state index >= 15 is 0 Å². The molecule has 21 heavy (non-hydrogen) atoms. The van der Waals surface area contributed by atoms with Gasteiger partial charge in [0.15, 0.2) is 5.13 Å². The van der Waals surface area contributed by atoms with E-state index in [9.17, 15) is 5.11 Å². The van der Waals surface area contributed by atoms with Crippen LogP contribution in [0.3, 0.4) is 0 Å². The number of piperidine rings is 1. The number of hydrogen-bond acceptors (Lipinski definition) is 4. The van der Waals surface area contributed by atoms with Gasteiger partial charge < -0.3 is 10.0 Å². The second-order valence-corrected chi connectivity index (χ2v) is 7.85. The molecule has 5 heteroatoms. The molecule has 1 aliphatic rings. The fraction of sp³-hybridized carbons (Fsp3) is 0.562.